The fourth-order valence-corrected chi connectivity index (χ4v) is 1.93. The fourth-order valence-electron chi connectivity index (χ4n) is 1.93. The number of carbonyl (C=O) groups is 2. The van der Waals surface area contributed by atoms with Crippen LogP contribution in [0.3, 0.4) is 0 Å². The molecule has 0 aliphatic carbocycles. The minimum Gasteiger partial charge on any atom is -0.481 e. The minimum absolute atomic E-state index is 0.0614. The molecule has 0 radical (unpaired) electrons. The van der Waals surface area contributed by atoms with Crippen molar-refractivity contribution in [3.05, 3.63) is 0 Å². The molecule has 5 N–H and O–H groups in total. The van der Waals surface area contributed by atoms with Gasteiger partial charge in [-0.1, -0.05) is 0 Å². The Morgan fingerprint density at radius 1 is 1.65 bits per heavy atom. The van der Waals surface area contributed by atoms with Crippen molar-refractivity contribution in [1.29, 1.82) is 0 Å². The van der Waals surface area contributed by atoms with E-state index in [0.29, 0.717) is 13.0 Å². The molecule has 1 fully saturated rings. The maximum atomic E-state index is 12.0. The lowest BCUT2D eigenvalue weighted by Gasteiger charge is -2.26. The van der Waals surface area contributed by atoms with Gasteiger partial charge in [-0.15, -0.1) is 0 Å². The maximum absolute atomic E-state index is 12.0. The molecule has 7 nitrogen and oxygen atoms in total. The average molecular weight is 244 g/mol. The summed E-state index contributed by atoms with van der Waals surface area (Å²) in [5.41, 5.74) is 4.67. The van der Waals surface area contributed by atoms with Gasteiger partial charge >= 0.3 is 13.1 Å². The van der Waals surface area contributed by atoms with E-state index in [-0.39, 0.29) is 12.8 Å². The van der Waals surface area contributed by atoms with Gasteiger partial charge in [-0.25, -0.2) is 0 Å². The molecular formula is C9H17BN2O5. The molecule has 0 aromatic rings. The largest absolute Gasteiger partial charge is 0.481 e. The van der Waals surface area contributed by atoms with Gasteiger partial charge in [-0.3, -0.25) is 9.59 Å². The van der Waals surface area contributed by atoms with Crippen LogP contribution in [-0.4, -0.2) is 57.1 Å². The van der Waals surface area contributed by atoms with Crippen LogP contribution >= 0.6 is 0 Å². The number of carboxylic acids is 1. The van der Waals surface area contributed by atoms with Gasteiger partial charge in [0.05, 0.1) is 11.5 Å². The van der Waals surface area contributed by atoms with Gasteiger partial charge in [0.2, 0.25) is 5.91 Å². The predicted octanol–water partition coefficient (Wildman–Crippen LogP) is -1.82. The average Bonchev–Trinajstić information content (AvgIpc) is 2.53. The second kappa shape index (κ2) is 5.03. The Morgan fingerprint density at radius 3 is 2.71 bits per heavy atom. The Labute approximate surface area is 99.4 Å². The zero-order valence-electron chi connectivity index (χ0n) is 9.67. The summed E-state index contributed by atoms with van der Waals surface area (Å²) in [6, 6.07) is 0. The number of amides is 1. The Balaban J connectivity index is 2.68. The van der Waals surface area contributed by atoms with E-state index in [1.807, 2.05) is 0 Å². The van der Waals surface area contributed by atoms with Crippen LogP contribution in [-0.2, 0) is 9.59 Å². The van der Waals surface area contributed by atoms with Crippen LogP contribution < -0.4 is 5.73 Å². The first-order valence-corrected chi connectivity index (χ1v) is 5.46. The molecule has 1 saturated heterocycles. The molecule has 1 aliphatic rings. The van der Waals surface area contributed by atoms with Crippen LogP contribution in [0, 0.1) is 0 Å². The van der Waals surface area contributed by atoms with Crippen molar-refractivity contribution in [2.24, 2.45) is 5.73 Å². The molecule has 2 atom stereocenters. The third kappa shape index (κ3) is 2.96. The van der Waals surface area contributed by atoms with Crippen molar-refractivity contribution in [2.75, 3.05) is 6.54 Å². The fraction of sp³-hybridized carbons (Fsp3) is 0.778. The molecular weight excluding hydrogens is 227 g/mol. The third-order valence-corrected chi connectivity index (χ3v) is 3.19. The van der Waals surface area contributed by atoms with Gasteiger partial charge in [0.15, 0.2) is 0 Å². The van der Waals surface area contributed by atoms with E-state index in [9.17, 15) is 9.59 Å². The van der Waals surface area contributed by atoms with Crippen molar-refractivity contribution in [1.82, 2.24) is 4.90 Å². The van der Waals surface area contributed by atoms with Gasteiger partial charge in [0.1, 0.15) is 0 Å². The molecule has 1 amide bonds. The SMILES string of the molecule is CC(B(O)O)N1CC[C@](N)(CCC(=O)O)C1=O. The minimum atomic E-state index is -1.62. The van der Waals surface area contributed by atoms with E-state index in [1.165, 1.54) is 11.8 Å². The molecule has 0 spiro atoms. The van der Waals surface area contributed by atoms with Crippen molar-refractivity contribution in [2.45, 2.75) is 37.7 Å². The van der Waals surface area contributed by atoms with Gasteiger partial charge in [-0.2, -0.15) is 0 Å². The van der Waals surface area contributed by atoms with Crippen molar-refractivity contribution >= 4 is 19.0 Å². The summed E-state index contributed by atoms with van der Waals surface area (Å²) in [4.78, 5) is 23.7. The highest BCUT2D eigenvalue weighted by atomic mass is 16.4. The van der Waals surface area contributed by atoms with E-state index < -0.39 is 30.5 Å². The molecule has 17 heavy (non-hydrogen) atoms. The van der Waals surface area contributed by atoms with Crippen LogP contribution in [0.5, 0.6) is 0 Å². The predicted molar refractivity (Wildman–Crippen MR) is 59.8 cm³/mol. The number of carboxylic acid groups (broad SMARTS) is 1. The van der Waals surface area contributed by atoms with Crippen LogP contribution in [0.2, 0.25) is 0 Å². The van der Waals surface area contributed by atoms with E-state index in [4.69, 9.17) is 20.9 Å². The monoisotopic (exact) mass is 244 g/mol. The molecule has 1 rings (SSSR count). The summed E-state index contributed by atoms with van der Waals surface area (Å²) in [5.74, 6) is -2.16. The molecule has 96 valence electrons. The lowest BCUT2D eigenvalue weighted by Crippen LogP contribution is -2.53. The standard InChI is InChI=1S/C9H17BN2O5/c1-6(10(16)17)12-5-4-9(11,8(12)15)3-2-7(13)14/h6,16-17H,2-5,11H2,1H3,(H,13,14)/t6?,9-/m1/s1. The van der Waals surface area contributed by atoms with Crippen LogP contribution in [0.25, 0.3) is 0 Å². The molecule has 8 heteroatoms. The topological polar surface area (TPSA) is 124 Å². The molecule has 1 heterocycles. The Kier molecular flexibility index (Phi) is 4.13. The maximum Gasteiger partial charge on any atom is 0.475 e. The smallest absolute Gasteiger partial charge is 0.475 e. The number of aliphatic carboxylic acids is 1. The molecule has 1 aliphatic heterocycles. The first kappa shape index (κ1) is 13.9. The van der Waals surface area contributed by atoms with E-state index in [0.717, 1.165) is 0 Å². The molecule has 1 unspecified atom stereocenters. The second-order valence-electron chi connectivity index (χ2n) is 4.45. The van der Waals surface area contributed by atoms with E-state index >= 15 is 0 Å². The molecule has 0 saturated carbocycles. The summed E-state index contributed by atoms with van der Waals surface area (Å²) >= 11 is 0. The number of likely N-dealkylation sites (tertiary alicyclic amines) is 1. The Morgan fingerprint density at radius 2 is 2.24 bits per heavy atom. The van der Waals surface area contributed by atoms with E-state index in [2.05, 4.69) is 0 Å². The second-order valence-corrected chi connectivity index (χ2v) is 4.45. The van der Waals surface area contributed by atoms with Gasteiger partial charge in [0.25, 0.3) is 0 Å². The van der Waals surface area contributed by atoms with Crippen LogP contribution in [0.1, 0.15) is 26.2 Å². The summed E-state index contributed by atoms with van der Waals surface area (Å²) < 4.78 is 0. The zero-order valence-corrected chi connectivity index (χ0v) is 9.67. The summed E-state index contributed by atoms with van der Waals surface area (Å²) in [7, 11) is -1.62. The first-order valence-electron chi connectivity index (χ1n) is 5.46. The van der Waals surface area contributed by atoms with Crippen molar-refractivity contribution in [3.63, 3.8) is 0 Å². The number of rotatable bonds is 5. The summed E-state index contributed by atoms with van der Waals surface area (Å²) in [6.07, 6.45) is 0.216. The number of carbonyl (C=O) groups excluding carboxylic acids is 1. The Hall–Kier alpha value is -1.12. The zero-order chi connectivity index (χ0) is 13.2. The normalized spacial score (nSPS) is 26.1. The number of nitrogens with two attached hydrogens (primary N) is 1. The molecule has 0 aromatic heterocycles. The van der Waals surface area contributed by atoms with Crippen LogP contribution in [0.15, 0.2) is 0 Å². The van der Waals surface area contributed by atoms with Crippen LogP contribution in [0.4, 0.5) is 0 Å². The highest BCUT2D eigenvalue weighted by molar-refractivity contribution is 6.43. The number of hydrogen-bond acceptors (Lipinski definition) is 5. The van der Waals surface area contributed by atoms with Gasteiger partial charge in [0, 0.05) is 13.0 Å². The molecule has 0 bridgehead atoms. The summed E-state index contributed by atoms with van der Waals surface area (Å²) in [5, 5.41) is 26.6. The van der Waals surface area contributed by atoms with Gasteiger partial charge in [-0.05, 0) is 19.8 Å². The first-order chi connectivity index (χ1) is 7.78. The summed E-state index contributed by atoms with van der Waals surface area (Å²) in [6.45, 7) is 1.82. The van der Waals surface area contributed by atoms with Crippen molar-refractivity contribution < 1.29 is 24.7 Å². The van der Waals surface area contributed by atoms with E-state index in [1.54, 1.807) is 0 Å². The Bertz CT molecular complexity index is 325. The third-order valence-electron chi connectivity index (χ3n) is 3.19. The molecule has 0 aromatic carbocycles. The quantitative estimate of drug-likeness (QED) is 0.422. The lowest BCUT2D eigenvalue weighted by atomic mass is 9.79. The number of nitrogens with zero attached hydrogens (tertiary/aromatic N) is 1. The highest BCUT2D eigenvalue weighted by Crippen LogP contribution is 2.27. The highest BCUT2D eigenvalue weighted by Gasteiger charge is 2.46. The van der Waals surface area contributed by atoms with Crippen molar-refractivity contribution in [3.8, 4) is 0 Å². The van der Waals surface area contributed by atoms with Gasteiger partial charge < -0.3 is 25.8 Å². The lowest BCUT2D eigenvalue weighted by molar-refractivity contribution is -0.138. The number of hydrogen-bond donors (Lipinski definition) is 4.